The lowest BCUT2D eigenvalue weighted by molar-refractivity contribution is 0.406. The van der Waals surface area contributed by atoms with E-state index in [-0.39, 0.29) is 0 Å². The molecule has 1 aromatic heterocycles. The molecule has 15 heavy (non-hydrogen) atoms. The minimum Gasteiger partial charge on any atom is -0.314 e. The van der Waals surface area contributed by atoms with Crippen LogP contribution in [0.4, 0.5) is 0 Å². The maximum Gasteiger partial charge on any atom is 0.0521 e. The number of aryl methyl sites for hydroxylation is 1. The van der Waals surface area contributed by atoms with Crippen LogP contribution in [-0.4, -0.2) is 22.4 Å². The molecule has 0 saturated heterocycles. The van der Waals surface area contributed by atoms with E-state index in [9.17, 15) is 0 Å². The monoisotopic (exact) mass is 207 g/mol. The molecule has 1 aromatic rings. The van der Waals surface area contributed by atoms with Crippen molar-refractivity contribution in [2.75, 3.05) is 6.54 Å². The molecule has 0 aromatic carbocycles. The molecule has 1 aliphatic carbocycles. The van der Waals surface area contributed by atoms with Crippen molar-refractivity contribution in [1.82, 2.24) is 15.1 Å². The molecule has 1 N–H and O–H groups in total. The summed E-state index contributed by atoms with van der Waals surface area (Å²) < 4.78 is 1.90. The van der Waals surface area contributed by atoms with Crippen LogP contribution >= 0.6 is 0 Å². The van der Waals surface area contributed by atoms with Gasteiger partial charge in [-0.2, -0.15) is 5.10 Å². The van der Waals surface area contributed by atoms with E-state index in [1.165, 1.54) is 31.2 Å². The first-order valence-corrected chi connectivity index (χ1v) is 6.00. The Morgan fingerprint density at radius 3 is 3.07 bits per heavy atom. The summed E-state index contributed by atoms with van der Waals surface area (Å²) in [5, 5.41) is 7.82. The van der Waals surface area contributed by atoms with Gasteiger partial charge in [-0.05, 0) is 37.3 Å². The molecule has 1 heterocycles. The Kier molecular flexibility index (Phi) is 3.41. The Hall–Kier alpha value is -0.830. The lowest BCUT2D eigenvalue weighted by Crippen LogP contribution is -2.33. The van der Waals surface area contributed by atoms with Crippen LogP contribution in [0.15, 0.2) is 12.4 Å². The first kappa shape index (κ1) is 10.7. The molecule has 3 heteroatoms. The fraction of sp³-hybridized carbons (Fsp3) is 0.750. The van der Waals surface area contributed by atoms with Gasteiger partial charge in [0.15, 0.2) is 0 Å². The zero-order chi connectivity index (χ0) is 10.7. The van der Waals surface area contributed by atoms with Gasteiger partial charge < -0.3 is 5.32 Å². The van der Waals surface area contributed by atoms with E-state index in [4.69, 9.17) is 0 Å². The van der Waals surface area contributed by atoms with Gasteiger partial charge in [0.25, 0.3) is 0 Å². The highest BCUT2D eigenvalue weighted by Gasteiger charge is 2.26. The first-order valence-electron chi connectivity index (χ1n) is 6.00. The number of hydrogen-bond donors (Lipinski definition) is 1. The summed E-state index contributed by atoms with van der Waals surface area (Å²) >= 11 is 0. The molecule has 1 fully saturated rings. The van der Waals surface area contributed by atoms with Gasteiger partial charge in [0.2, 0.25) is 0 Å². The predicted molar refractivity (Wildman–Crippen MR) is 61.7 cm³/mol. The van der Waals surface area contributed by atoms with E-state index >= 15 is 0 Å². The maximum absolute atomic E-state index is 4.23. The Morgan fingerprint density at radius 1 is 1.53 bits per heavy atom. The molecule has 0 radical (unpaired) electrons. The summed E-state index contributed by atoms with van der Waals surface area (Å²) in [5.41, 5.74) is 1.38. The highest BCUT2D eigenvalue weighted by Crippen LogP contribution is 2.28. The molecule has 2 unspecified atom stereocenters. The molecular weight excluding hydrogens is 186 g/mol. The molecule has 0 aliphatic heterocycles. The molecule has 1 aliphatic rings. The van der Waals surface area contributed by atoms with Crippen LogP contribution in [0.1, 0.15) is 31.7 Å². The minimum atomic E-state index is 0.732. The van der Waals surface area contributed by atoms with Gasteiger partial charge in [-0.1, -0.05) is 13.3 Å². The van der Waals surface area contributed by atoms with Gasteiger partial charge in [-0.3, -0.25) is 4.68 Å². The van der Waals surface area contributed by atoms with Crippen molar-refractivity contribution in [3.05, 3.63) is 18.0 Å². The van der Waals surface area contributed by atoms with Crippen molar-refractivity contribution < 1.29 is 0 Å². The third-order valence-corrected chi connectivity index (χ3v) is 3.38. The molecule has 3 nitrogen and oxygen atoms in total. The zero-order valence-electron chi connectivity index (χ0n) is 9.74. The second kappa shape index (κ2) is 4.79. The smallest absolute Gasteiger partial charge is 0.0521 e. The van der Waals surface area contributed by atoms with Crippen LogP contribution < -0.4 is 5.32 Å². The number of hydrogen-bond acceptors (Lipinski definition) is 2. The van der Waals surface area contributed by atoms with Gasteiger partial charge in [0.1, 0.15) is 0 Å². The molecular formula is C12H21N3. The van der Waals surface area contributed by atoms with E-state index in [2.05, 4.69) is 23.5 Å². The summed E-state index contributed by atoms with van der Waals surface area (Å²) in [5.74, 6) is 0.814. The van der Waals surface area contributed by atoms with Crippen molar-refractivity contribution in [3.63, 3.8) is 0 Å². The van der Waals surface area contributed by atoms with Gasteiger partial charge in [-0.25, -0.2) is 0 Å². The second-order valence-corrected chi connectivity index (χ2v) is 4.58. The highest BCUT2D eigenvalue weighted by atomic mass is 15.2. The standard InChI is InChI=1S/C12H21N3/c1-3-13-12-6-4-5-11(12)7-10-8-14-15(2)9-10/h8-9,11-13H,3-7H2,1-2H3. The number of aromatic nitrogens is 2. The van der Waals surface area contributed by atoms with Crippen LogP contribution in [0, 0.1) is 5.92 Å². The van der Waals surface area contributed by atoms with Crippen LogP contribution in [0.5, 0.6) is 0 Å². The fourth-order valence-electron chi connectivity index (χ4n) is 2.69. The van der Waals surface area contributed by atoms with Crippen molar-refractivity contribution >= 4 is 0 Å². The fourth-order valence-corrected chi connectivity index (χ4v) is 2.69. The van der Waals surface area contributed by atoms with Gasteiger partial charge in [0.05, 0.1) is 6.20 Å². The molecule has 0 bridgehead atoms. The summed E-state index contributed by atoms with van der Waals surface area (Å²) in [6, 6.07) is 0.732. The van der Waals surface area contributed by atoms with E-state index in [1.807, 2.05) is 17.9 Å². The normalized spacial score (nSPS) is 26.0. The largest absolute Gasteiger partial charge is 0.314 e. The lowest BCUT2D eigenvalue weighted by atomic mass is 9.96. The topological polar surface area (TPSA) is 29.9 Å². The third kappa shape index (κ3) is 2.59. The summed E-state index contributed by atoms with van der Waals surface area (Å²) in [7, 11) is 1.99. The van der Waals surface area contributed by atoms with Crippen LogP contribution in [0.25, 0.3) is 0 Å². The molecule has 84 valence electrons. The number of nitrogens with one attached hydrogen (secondary N) is 1. The SMILES string of the molecule is CCNC1CCCC1Cc1cnn(C)c1. The van der Waals surface area contributed by atoms with E-state index < -0.39 is 0 Å². The van der Waals surface area contributed by atoms with E-state index in [1.54, 1.807) is 0 Å². The molecule has 1 saturated carbocycles. The average molecular weight is 207 g/mol. The second-order valence-electron chi connectivity index (χ2n) is 4.58. The van der Waals surface area contributed by atoms with Gasteiger partial charge >= 0.3 is 0 Å². The minimum absolute atomic E-state index is 0.732. The molecule has 2 atom stereocenters. The molecule has 0 amide bonds. The van der Waals surface area contributed by atoms with E-state index in [0.29, 0.717) is 0 Å². The highest BCUT2D eigenvalue weighted by molar-refractivity contribution is 5.06. The van der Waals surface area contributed by atoms with Crippen molar-refractivity contribution in [3.8, 4) is 0 Å². The average Bonchev–Trinajstić information content (AvgIpc) is 2.78. The van der Waals surface area contributed by atoms with Crippen molar-refractivity contribution in [1.29, 1.82) is 0 Å². The molecule has 2 rings (SSSR count). The third-order valence-electron chi connectivity index (χ3n) is 3.38. The van der Waals surface area contributed by atoms with Crippen LogP contribution in [0.3, 0.4) is 0 Å². The summed E-state index contributed by atoms with van der Waals surface area (Å²) in [6.07, 6.45) is 9.42. The Labute approximate surface area is 91.9 Å². The molecule has 0 spiro atoms. The van der Waals surface area contributed by atoms with Crippen molar-refractivity contribution in [2.24, 2.45) is 13.0 Å². The Bertz CT molecular complexity index is 306. The number of nitrogens with zero attached hydrogens (tertiary/aromatic N) is 2. The summed E-state index contributed by atoms with van der Waals surface area (Å²) in [6.45, 7) is 3.29. The van der Waals surface area contributed by atoms with Crippen LogP contribution in [-0.2, 0) is 13.5 Å². The first-order chi connectivity index (χ1) is 7.29. The Balaban J connectivity index is 1.93. The predicted octanol–water partition coefficient (Wildman–Crippen LogP) is 1.74. The summed E-state index contributed by atoms with van der Waals surface area (Å²) in [4.78, 5) is 0. The van der Waals surface area contributed by atoms with Gasteiger partial charge in [-0.15, -0.1) is 0 Å². The van der Waals surface area contributed by atoms with E-state index in [0.717, 1.165) is 18.5 Å². The van der Waals surface area contributed by atoms with Gasteiger partial charge in [0, 0.05) is 19.3 Å². The number of rotatable bonds is 4. The maximum atomic E-state index is 4.23. The van der Waals surface area contributed by atoms with Crippen molar-refractivity contribution in [2.45, 2.75) is 38.6 Å². The quantitative estimate of drug-likeness (QED) is 0.815. The Morgan fingerprint density at radius 2 is 2.40 bits per heavy atom. The zero-order valence-corrected chi connectivity index (χ0v) is 9.74. The lowest BCUT2D eigenvalue weighted by Gasteiger charge is -2.19. The van der Waals surface area contributed by atoms with Crippen LogP contribution in [0.2, 0.25) is 0 Å².